The van der Waals surface area contributed by atoms with Gasteiger partial charge in [-0.25, -0.2) is 9.97 Å². The van der Waals surface area contributed by atoms with Crippen LogP contribution in [0, 0.1) is 0 Å². The quantitative estimate of drug-likeness (QED) is 0.741. The molecule has 5 nitrogen and oxygen atoms in total. The maximum absolute atomic E-state index is 11.6. The van der Waals surface area contributed by atoms with E-state index in [4.69, 9.17) is 4.98 Å². The third-order valence-corrected chi connectivity index (χ3v) is 4.50. The SMILES string of the molecule is CC(=O)Nc1nc2c(nc1/C=C/c1ccccc1)-c1ccc(O)cc1CC2. The zero-order valence-corrected chi connectivity index (χ0v) is 14.9. The molecule has 0 bridgehead atoms. The van der Waals surface area contributed by atoms with Gasteiger partial charge in [0.1, 0.15) is 11.4 Å². The molecule has 3 aromatic rings. The van der Waals surface area contributed by atoms with Gasteiger partial charge in [-0.3, -0.25) is 4.79 Å². The molecule has 1 heterocycles. The molecule has 1 aromatic heterocycles. The number of carbonyl (C=O) groups excluding carboxylic acids is 1. The van der Waals surface area contributed by atoms with Crippen LogP contribution in [-0.4, -0.2) is 21.0 Å². The Morgan fingerprint density at radius 2 is 1.89 bits per heavy atom. The summed E-state index contributed by atoms with van der Waals surface area (Å²) in [6.45, 7) is 1.46. The molecule has 1 amide bonds. The van der Waals surface area contributed by atoms with Crippen molar-refractivity contribution >= 4 is 23.9 Å². The number of anilines is 1. The first-order chi connectivity index (χ1) is 13.1. The van der Waals surface area contributed by atoms with Crippen LogP contribution >= 0.6 is 0 Å². The van der Waals surface area contributed by atoms with Crippen LogP contribution in [0.15, 0.2) is 48.5 Å². The van der Waals surface area contributed by atoms with Gasteiger partial charge in [0.05, 0.1) is 11.4 Å². The minimum atomic E-state index is -0.181. The minimum absolute atomic E-state index is 0.181. The summed E-state index contributed by atoms with van der Waals surface area (Å²) in [7, 11) is 0. The van der Waals surface area contributed by atoms with E-state index in [1.54, 1.807) is 12.1 Å². The zero-order valence-electron chi connectivity index (χ0n) is 14.9. The first-order valence-corrected chi connectivity index (χ1v) is 8.84. The third-order valence-electron chi connectivity index (χ3n) is 4.50. The summed E-state index contributed by atoms with van der Waals surface area (Å²) in [5, 5.41) is 12.5. The van der Waals surface area contributed by atoms with Crippen LogP contribution in [0.2, 0.25) is 0 Å². The number of carbonyl (C=O) groups is 1. The molecule has 27 heavy (non-hydrogen) atoms. The minimum Gasteiger partial charge on any atom is -0.508 e. The van der Waals surface area contributed by atoms with Gasteiger partial charge in [0.15, 0.2) is 5.82 Å². The molecule has 4 rings (SSSR count). The van der Waals surface area contributed by atoms with Crippen molar-refractivity contribution < 1.29 is 9.90 Å². The molecule has 0 unspecified atom stereocenters. The third kappa shape index (κ3) is 3.58. The molecule has 0 saturated carbocycles. The number of aryl methyl sites for hydroxylation is 2. The van der Waals surface area contributed by atoms with E-state index in [2.05, 4.69) is 10.3 Å². The predicted octanol–water partition coefficient (Wildman–Crippen LogP) is 4.08. The van der Waals surface area contributed by atoms with Gasteiger partial charge in [0, 0.05) is 12.5 Å². The molecular formula is C22H19N3O2. The Hall–Kier alpha value is -3.47. The smallest absolute Gasteiger partial charge is 0.222 e. The highest BCUT2D eigenvalue weighted by molar-refractivity contribution is 5.90. The second kappa shape index (κ2) is 7.03. The highest BCUT2D eigenvalue weighted by Gasteiger charge is 2.21. The van der Waals surface area contributed by atoms with Crippen LogP contribution in [0.3, 0.4) is 0 Å². The maximum Gasteiger partial charge on any atom is 0.222 e. The van der Waals surface area contributed by atoms with Gasteiger partial charge < -0.3 is 10.4 Å². The Morgan fingerprint density at radius 3 is 2.67 bits per heavy atom. The van der Waals surface area contributed by atoms with Crippen molar-refractivity contribution in [3.63, 3.8) is 0 Å². The first-order valence-electron chi connectivity index (χ1n) is 8.84. The molecule has 2 N–H and O–H groups in total. The van der Waals surface area contributed by atoms with Gasteiger partial charge in [0.25, 0.3) is 0 Å². The molecule has 1 aliphatic rings. The highest BCUT2D eigenvalue weighted by Crippen LogP contribution is 2.34. The molecule has 0 aliphatic heterocycles. The molecule has 0 radical (unpaired) electrons. The van der Waals surface area contributed by atoms with Crippen molar-refractivity contribution in [2.45, 2.75) is 19.8 Å². The number of phenolic OH excluding ortho intramolecular Hbond substituents is 1. The molecule has 1 aliphatic carbocycles. The van der Waals surface area contributed by atoms with Crippen LogP contribution in [0.25, 0.3) is 23.4 Å². The monoisotopic (exact) mass is 357 g/mol. The van der Waals surface area contributed by atoms with Crippen molar-refractivity contribution in [2.75, 3.05) is 5.32 Å². The summed E-state index contributed by atoms with van der Waals surface area (Å²) in [4.78, 5) is 21.1. The van der Waals surface area contributed by atoms with Crippen LogP contribution in [0.5, 0.6) is 5.75 Å². The average molecular weight is 357 g/mol. The average Bonchev–Trinajstić information content (AvgIpc) is 2.66. The summed E-state index contributed by atoms with van der Waals surface area (Å²) in [5.74, 6) is 0.541. The standard InChI is InChI=1S/C22H19N3O2/c1-14(26)23-22-20(11-7-15-5-3-2-4-6-15)24-21-18-10-9-17(27)13-16(18)8-12-19(21)25-22/h2-7,9-11,13,27H,8,12H2,1H3,(H,23,25,26)/b11-7+. The Balaban J connectivity index is 1.82. The van der Waals surface area contributed by atoms with Crippen molar-refractivity contribution in [3.8, 4) is 17.0 Å². The topological polar surface area (TPSA) is 75.1 Å². The van der Waals surface area contributed by atoms with Gasteiger partial charge in [-0.15, -0.1) is 0 Å². The fourth-order valence-corrected chi connectivity index (χ4v) is 3.26. The number of hydrogen-bond donors (Lipinski definition) is 2. The Labute approximate surface area is 157 Å². The second-order valence-electron chi connectivity index (χ2n) is 6.52. The summed E-state index contributed by atoms with van der Waals surface area (Å²) < 4.78 is 0. The number of phenols is 1. The van der Waals surface area contributed by atoms with Gasteiger partial charge in [0.2, 0.25) is 5.91 Å². The Bertz CT molecular complexity index is 1040. The van der Waals surface area contributed by atoms with Gasteiger partial charge >= 0.3 is 0 Å². The van der Waals surface area contributed by atoms with E-state index in [0.29, 0.717) is 17.9 Å². The lowest BCUT2D eigenvalue weighted by atomic mass is 9.91. The lowest BCUT2D eigenvalue weighted by Gasteiger charge is -2.20. The summed E-state index contributed by atoms with van der Waals surface area (Å²) in [6.07, 6.45) is 5.31. The van der Waals surface area contributed by atoms with Crippen LogP contribution < -0.4 is 5.32 Å². The second-order valence-corrected chi connectivity index (χ2v) is 6.52. The van der Waals surface area contributed by atoms with Gasteiger partial charge in [-0.05, 0) is 48.2 Å². The summed E-state index contributed by atoms with van der Waals surface area (Å²) in [6, 6.07) is 15.2. The molecule has 134 valence electrons. The van der Waals surface area contributed by atoms with Crippen molar-refractivity contribution in [1.29, 1.82) is 0 Å². The first kappa shape index (κ1) is 17.0. The predicted molar refractivity (Wildman–Crippen MR) is 106 cm³/mol. The summed E-state index contributed by atoms with van der Waals surface area (Å²) in [5.41, 5.74) is 5.34. The summed E-state index contributed by atoms with van der Waals surface area (Å²) >= 11 is 0. The van der Waals surface area contributed by atoms with E-state index in [9.17, 15) is 9.90 Å². The van der Waals surface area contributed by atoms with Crippen molar-refractivity contribution in [2.24, 2.45) is 0 Å². The van der Waals surface area contributed by atoms with Crippen LogP contribution in [0.4, 0.5) is 5.82 Å². The fraction of sp³-hybridized carbons (Fsp3) is 0.136. The molecule has 5 heteroatoms. The van der Waals surface area contributed by atoms with Crippen LogP contribution in [0.1, 0.15) is 29.4 Å². The number of aromatic hydroxyl groups is 1. The Kier molecular flexibility index (Phi) is 4.42. The highest BCUT2D eigenvalue weighted by atomic mass is 16.3. The normalized spacial score (nSPS) is 12.5. The number of rotatable bonds is 3. The van der Waals surface area contributed by atoms with Crippen molar-refractivity contribution in [3.05, 3.63) is 71.0 Å². The number of nitrogens with zero attached hydrogens (tertiary/aromatic N) is 2. The zero-order chi connectivity index (χ0) is 18.8. The maximum atomic E-state index is 11.6. The molecule has 2 aromatic carbocycles. The molecule has 0 fully saturated rings. The lowest BCUT2D eigenvalue weighted by molar-refractivity contribution is -0.114. The number of benzene rings is 2. The van der Waals surface area contributed by atoms with E-state index in [1.807, 2.05) is 48.6 Å². The van der Waals surface area contributed by atoms with Gasteiger partial charge in [-0.1, -0.05) is 36.4 Å². The number of aromatic nitrogens is 2. The Morgan fingerprint density at radius 1 is 1.07 bits per heavy atom. The number of nitrogens with one attached hydrogen (secondary N) is 1. The van der Waals surface area contributed by atoms with E-state index in [1.165, 1.54) is 6.92 Å². The molecule has 0 spiro atoms. The number of fused-ring (bicyclic) bond motifs is 3. The van der Waals surface area contributed by atoms with E-state index in [0.717, 1.165) is 34.5 Å². The van der Waals surface area contributed by atoms with Crippen LogP contribution in [-0.2, 0) is 17.6 Å². The molecular weight excluding hydrogens is 338 g/mol. The number of amides is 1. The fourth-order valence-electron chi connectivity index (χ4n) is 3.26. The van der Waals surface area contributed by atoms with E-state index < -0.39 is 0 Å². The molecule has 0 saturated heterocycles. The number of hydrogen-bond acceptors (Lipinski definition) is 4. The van der Waals surface area contributed by atoms with Gasteiger partial charge in [-0.2, -0.15) is 0 Å². The van der Waals surface area contributed by atoms with E-state index in [-0.39, 0.29) is 11.7 Å². The van der Waals surface area contributed by atoms with Crippen molar-refractivity contribution in [1.82, 2.24) is 9.97 Å². The van der Waals surface area contributed by atoms with E-state index >= 15 is 0 Å². The largest absolute Gasteiger partial charge is 0.508 e. The molecule has 0 atom stereocenters. The lowest BCUT2D eigenvalue weighted by Crippen LogP contribution is -2.15.